The highest BCUT2D eigenvalue weighted by Crippen LogP contribution is 2.24. The molecule has 0 amide bonds. The van der Waals surface area contributed by atoms with Crippen molar-refractivity contribution in [2.45, 2.75) is 51.0 Å². The van der Waals surface area contributed by atoms with Gasteiger partial charge < -0.3 is 5.32 Å². The third-order valence-electron chi connectivity index (χ3n) is 3.31. The van der Waals surface area contributed by atoms with E-state index in [4.69, 9.17) is 11.6 Å². The maximum Gasteiger partial charge on any atom is 0.0417 e. The van der Waals surface area contributed by atoms with Crippen LogP contribution in [-0.4, -0.2) is 18.3 Å². The number of rotatable bonds is 9. The molecule has 0 saturated heterocycles. The van der Waals surface area contributed by atoms with E-state index in [1.54, 1.807) is 0 Å². The molecule has 1 rings (SSSR count). The summed E-state index contributed by atoms with van der Waals surface area (Å²) in [7, 11) is 0. The Kier molecular flexibility index (Phi) is 8.60. The standard InChI is InChI=1S/C16H26ClNS/c1-4-7-13(3)16(18-10-5-2)12-19-15-9-6-8-14(17)11-15/h6,8-9,11,13,16,18H,4-5,7,10,12H2,1-3H3. The topological polar surface area (TPSA) is 12.0 Å². The van der Waals surface area contributed by atoms with Crippen LogP contribution in [0.2, 0.25) is 5.02 Å². The van der Waals surface area contributed by atoms with Crippen LogP contribution in [0, 0.1) is 5.92 Å². The molecule has 2 atom stereocenters. The summed E-state index contributed by atoms with van der Waals surface area (Å²) < 4.78 is 0. The third-order valence-corrected chi connectivity index (χ3v) is 4.66. The molecule has 1 nitrogen and oxygen atoms in total. The van der Waals surface area contributed by atoms with Crippen LogP contribution in [-0.2, 0) is 0 Å². The number of benzene rings is 1. The summed E-state index contributed by atoms with van der Waals surface area (Å²) in [6.07, 6.45) is 3.74. The van der Waals surface area contributed by atoms with Crippen LogP contribution in [0.15, 0.2) is 29.2 Å². The monoisotopic (exact) mass is 299 g/mol. The number of halogens is 1. The van der Waals surface area contributed by atoms with Gasteiger partial charge in [-0.3, -0.25) is 0 Å². The second-order valence-corrected chi connectivity index (χ2v) is 6.62. The molecule has 108 valence electrons. The number of hydrogen-bond acceptors (Lipinski definition) is 2. The van der Waals surface area contributed by atoms with Gasteiger partial charge in [-0.2, -0.15) is 0 Å². The molecule has 19 heavy (non-hydrogen) atoms. The summed E-state index contributed by atoms with van der Waals surface area (Å²) in [4.78, 5) is 1.26. The lowest BCUT2D eigenvalue weighted by molar-refractivity contribution is 0.382. The maximum absolute atomic E-state index is 6.03. The Morgan fingerprint density at radius 2 is 2.05 bits per heavy atom. The predicted molar refractivity (Wildman–Crippen MR) is 88.3 cm³/mol. The largest absolute Gasteiger partial charge is 0.313 e. The van der Waals surface area contributed by atoms with Crippen molar-refractivity contribution in [3.8, 4) is 0 Å². The minimum atomic E-state index is 0.587. The van der Waals surface area contributed by atoms with Crippen molar-refractivity contribution in [1.29, 1.82) is 0 Å². The second-order valence-electron chi connectivity index (χ2n) is 5.09. The summed E-state index contributed by atoms with van der Waals surface area (Å²) in [5.41, 5.74) is 0. The van der Waals surface area contributed by atoms with E-state index in [2.05, 4.69) is 32.2 Å². The Hall–Kier alpha value is -0.180. The third kappa shape index (κ3) is 6.69. The van der Waals surface area contributed by atoms with Gasteiger partial charge in [-0.25, -0.2) is 0 Å². The van der Waals surface area contributed by atoms with Gasteiger partial charge in [0.1, 0.15) is 0 Å². The maximum atomic E-state index is 6.03. The van der Waals surface area contributed by atoms with Crippen molar-refractivity contribution in [2.24, 2.45) is 5.92 Å². The van der Waals surface area contributed by atoms with Gasteiger partial charge in [-0.05, 0) is 43.5 Å². The van der Waals surface area contributed by atoms with E-state index in [0.29, 0.717) is 6.04 Å². The van der Waals surface area contributed by atoms with Gasteiger partial charge in [0.15, 0.2) is 0 Å². The van der Waals surface area contributed by atoms with Crippen molar-refractivity contribution < 1.29 is 0 Å². The summed E-state index contributed by atoms with van der Waals surface area (Å²) in [5, 5.41) is 4.51. The Bertz CT molecular complexity index is 356. The summed E-state index contributed by atoms with van der Waals surface area (Å²) in [6, 6.07) is 8.72. The molecule has 1 N–H and O–H groups in total. The lowest BCUT2D eigenvalue weighted by Crippen LogP contribution is -2.37. The van der Waals surface area contributed by atoms with Crippen molar-refractivity contribution in [1.82, 2.24) is 5.32 Å². The summed E-state index contributed by atoms with van der Waals surface area (Å²) >= 11 is 7.93. The number of nitrogens with one attached hydrogen (secondary N) is 1. The first-order valence-electron chi connectivity index (χ1n) is 7.29. The molecule has 0 aliphatic heterocycles. The van der Waals surface area contributed by atoms with Crippen LogP contribution in [0.3, 0.4) is 0 Å². The summed E-state index contributed by atoms with van der Waals surface area (Å²) in [5.74, 6) is 1.84. The van der Waals surface area contributed by atoms with Crippen LogP contribution in [0.4, 0.5) is 0 Å². The Balaban J connectivity index is 2.51. The first kappa shape index (κ1) is 16.9. The molecule has 0 spiro atoms. The van der Waals surface area contributed by atoms with Gasteiger partial charge in [-0.1, -0.05) is 44.9 Å². The molecule has 0 heterocycles. The lowest BCUT2D eigenvalue weighted by atomic mass is 9.98. The van der Waals surface area contributed by atoms with Crippen LogP contribution in [0.5, 0.6) is 0 Å². The SMILES string of the molecule is CCCNC(CSc1cccc(Cl)c1)C(C)CCC. The minimum absolute atomic E-state index is 0.587. The second kappa shape index (κ2) is 9.68. The normalized spacial score (nSPS) is 14.3. The van der Waals surface area contributed by atoms with E-state index in [1.165, 1.54) is 24.2 Å². The highest BCUT2D eigenvalue weighted by atomic mass is 35.5. The van der Waals surface area contributed by atoms with Crippen LogP contribution in [0.1, 0.15) is 40.0 Å². The highest BCUT2D eigenvalue weighted by molar-refractivity contribution is 7.99. The molecule has 2 unspecified atom stereocenters. The molecule has 1 aromatic rings. The zero-order chi connectivity index (χ0) is 14.1. The summed E-state index contributed by atoms with van der Waals surface area (Å²) in [6.45, 7) is 7.94. The zero-order valence-corrected chi connectivity index (χ0v) is 13.9. The molecule has 0 bridgehead atoms. The molecular weight excluding hydrogens is 274 g/mol. The van der Waals surface area contributed by atoms with E-state index in [1.807, 2.05) is 30.0 Å². The smallest absolute Gasteiger partial charge is 0.0417 e. The molecule has 0 aromatic heterocycles. The fourth-order valence-corrected chi connectivity index (χ4v) is 3.61. The Morgan fingerprint density at radius 3 is 2.68 bits per heavy atom. The molecule has 0 saturated carbocycles. The van der Waals surface area contributed by atoms with Crippen molar-refractivity contribution in [3.63, 3.8) is 0 Å². The molecule has 0 fully saturated rings. The predicted octanol–water partition coefficient (Wildman–Crippen LogP) is 5.24. The van der Waals surface area contributed by atoms with Gasteiger partial charge >= 0.3 is 0 Å². The van der Waals surface area contributed by atoms with Gasteiger partial charge in [0.2, 0.25) is 0 Å². The van der Waals surface area contributed by atoms with Gasteiger partial charge in [0, 0.05) is 21.7 Å². The quantitative estimate of drug-likeness (QED) is 0.626. The first-order chi connectivity index (χ1) is 9.17. The zero-order valence-electron chi connectivity index (χ0n) is 12.3. The Morgan fingerprint density at radius 1 is 1.26 bits per heavy atom. The minimum Gasteiger partial charge on any atom is -0.313 e. The molecule has 0 aliphatic carbocycles. The molecule has 0 aliphatic rings. The molecule has 3 heteroatoms. The number of thioether (sulfide) groups is 1. The van der Waals surface area contributed by atoms with E-state index in [9.17, 15) is 0 Å². The molecule has 1 aromatic carbocycles. The van der Waals surface area contributed by atoms with Crippen LogP contribution >= 0.6 is 23.4 Å². The van der Waals surface area contributed by atoms with E-state index in [-0.39, 0.29) is 0 Å². The van der Waals surface area contributed by atoms with Crippen molar-refractivity contribution in [3.05, 3.63) is 29.3 Å². The highest BCUT2D eigenvalue weighted by Gasteiger charge is 2.16. The van der Waals surface area contributed by atoms with Crippen molar-refractivity contribution in [2.75, 3.05) is 12.3 Å². The first-order valence-corrected chi connectivity index (χ1v) is 8.65. The Labute approximate surface area is 127 Å². The number of hydrogen-bond donors (Lipinski definition) is 1. The lowest BCUT2D eigenvalue weighted by Gasteiger charge is -2.24. The van der Waals surface area contributed by atoms with Crippen LogP contribution < -0.4 is 5.32 Å². The van der Waals surface area contributed by atoms with Crippen molar-refractivity contribution >= 4 is 23.4 Å². The average molecular weight is 300 g/mol. The average Bonchev–Trinajstić information content (AvgIpc) is 2.39. The fraction of sp³-hybridized carbons (Fsp3) is 0.625. The van der Waals surface area contributed by atoms with Gasteiger partial charge in [-0.15, -0.1) is 11.8 Å². The van der Waals surface area contributed by atoms with E-state index in [0.717, 1.165) is 23.2 Å². The van der Waals surface area contributed by atoms with E-state index >= 15 is 0 Å². The molecular formula is C16H26ClNS. The van der Waals surface area contributed by atoms with E-state index < -0.39 is 0 Å². The van der Waals surface area contributed by atoms with Gasteiger partial charge in [0.05, 0.1) is 0 Å². The van der Waals surface area contributed by atoms with Crippen LogP contribution in [0.25, 0.3) is 0 Å². The fourth-order valence-electron chi connectivity index (χ4n) is 2.15. The molecule has 0 radical (unpaired) electrons. The van der Waals surface area contributed by atoms with Gasteiger partial charge in [0.25, 0.3) is 0 Å².